The summed E-state index contributed by atoms with van der Waals surface area (Å²) in [5, 5.41) is 9.05. The number of hydrogen-bond donors (Lipinski definition) is 1. The van der Waals surface area contributed by atoms with Crippen LogP contribution in [-0.4, -0.2) is 15.1 Å². The minimum absolute atomic E-state index is 0.00171. The Hall–Kier alpha value is -2.20. The summed E-state index contributed by atoms with van der Waals surface area (Å²) in [5.74, 6) is 0.496. The summed E-state index contributed by atoms with van der Waals surface area (Å²) < 4.78 is 5.60. The molecule has 17 heavy (non-hydrogen) atoms. The number of nitrogens with zero attached hydrogens (tertiary/aromatic N) is 2. The van der Waals surface area contributed by atoms with Crippen LogP contribution in [-0.2, 0) is 6.61 Å². The molecule has 0 saturated heterocycles. The summed E-state index contributed by atoms with van der Waals surface area (Å²) in [7, 11) is 0. The van der Waals surface area contributed by atoms with E-state index in [9.17, 15) is 0 Å². The molecule has 1 N–H and O–H groups in total. The zero-order chi connectivity index (χ0) is 11.7. The summed E-state index contributed by atoms with van der Waals surface area (Å²) in [6.45, 7) is 0.00171. The van der Waals surface area contributed by atoms with Crippen molar-refractivity contribution in [3.8, 4) is 11.6 Å². The molecule has 3 rings (SSSR count). The zero-order valence-electron chi connectivity index (χ0n) is 9.00. The Labute approximate surface area is 97.6 Å². The molecule has 0 saturated carbocycles. The fraction of sp³-hybridized carbons (Fsp3) is 0.0769. The summed E-state index contributed by atoms with van der Waals surface area (Å²) in [5.41, 5.74) is 2.95. The predicted molar refractivity (Wildman–Crippen MR) is 63.2 cm³/mol. The van der Waals surface area contributed by atoms with Crippen molar-refractivity contribution in [1.82, 2.24) is 9.97 Å². The fourth-order valence-corrected chi connectivity index (χ4v) is 1.67. The maximum Gasteiger partial charge on any atom is 0.246 e. The molecular formula is C13H10N2O2. The van der Waals surface area contributed by atoms with Gasteiger partial charge in [-0.25, -0.2) is 4.98 Å². The predicted octanol–water partition coefficient (Wildman–Crippen LogP) is 2.38. The van der Waals surface area contributed by atoms with Crippen molar-refractivity contribution in [2.24, 2.45) is 0 Å². The van der Waals surface area contributed by atoms with E-state index >= 15 is 0 Å². The standard InChI is InChI=1S/C13H10N2O2/c16-8-9-4-5-12-11(7-9)15-13(17-12)10-3-1-2-6-14-10/h1-7,16H,8H2. The largest absolute Gasteiger partial charge is 0.435 e. The molecule has 3 aromatic rings. The SMILES string of the molecule is OCc1ccc2oc(-c3ccccn3)nc2c1. The molecule has 4 nitrogen and oxygen atoms in total. The first kappa shape index (κ1) is 9.99. The number of aliphatic hydroxyl groups is 1. The number of aromatic nitrogens is 2. The molecule has 84 valence electrons. The van der Waals surface area contributed by atoms with E-state index < -0.39 is 0 Å². The second kappa shape index (κ2) is 3.99. The minimum atomic E-state index is 0.00171. The Morgan fingerprint density at radius 3 is 2.88 bits per heavy atom. The molecule has 1 aromatic carbocycles. The van der Waals surface area contributed by atoms with Gasteiger partial charge in [0.25, 0.3) is 0 Å². The lowest BCUT2D eigenvalue weighted by molar-refractivity contribution is 0.282. The molecule has 0 unspecified atom stereocenters. The van der Waals surface area contributed by atoms with E-state index in [0.717, 1.165) is 11.1 Å². The average molecular weight is 226 g/mol. The van der Waals surface area contributed by atoms with Crippen molar-refractivity contribution in [2.45, 2.75) is 6.61 Å². The Morgan fingerprint density at radius 1 is 1.18 bits per heavy atom. The van der Waals surface area contributed by atoms with Crippen LogP contribution in [0.15, 0.2) is 47.0 Å². The van der Waals surface area contributed by atoms with Gasteiger partial charge in [-0.05, 0) is 29.8 Å². The Morgan fingerprint density at radius 2 is 2.12 bits per heavy atom. The average Bonchev–Trinajstić information content (AvgIpc) is 2.82. The van der Waals surface area contributed by atoms with E-state index in [4.69, 9.17) is 9.52 Å². The van der Waals surface area contributed by atoms with Crippen molar-refractivity contribution >= 4 is 11.1 Å². The molecule has 0 spiro atoms. The number of benzene rings is 1. The lowest BCUT2D eigenvalue weighted by Gasteiger charge is -1.92. The van der Waals surface area contributed by atoms with Crippen molar-refractivity contribution in [3.63, 3.8) is 0 Å². The van der Waals surface area contributed by atoms with Crippen molar-refractivity contribution in [1.29, 1.82) is 0 Å². The Kier molecular flexibility index (Phi) is 2.34. The van der Waals surface area contributed by atoms with Gasteiger partial charge in [0, 0.05) is 6.20 Å². The number of pyridine rings is 1. The highest BCUT2D eigenvalue weighted by Crippen LogP contribution is 2.23. The van der Waals surface area contributed by atoms with Crippen LogP contribution in [0.1, 0.15) is 5.56 Å². The van der Waals surface area contributed by atoms with Gasteiger partial charge in [0.1, 0.15) is 11.2 Å². The lowest BCUT2D eigenvalue weighted by Crippen LogP contribution is -1.82. The first-order valence-electron chi connectivity index (χ1n) is 5.28. The molecule has 4 heteroatoms. The molecule has 0 aliphatic heterocycles. The normalized spacial score (nSPS) is 10.9. The summed E-state index contributed by atoms with van der Waals surface area (Å²) in [6.07, 6.45) is 1.70. The fourth-order valence-electron chi connectivity index (χ4n) is 1.67. The summed E-state index contributed by atoms with van der Waals surface area (Å²) in [6, 6.07) is 11.0. The highest BCUT2D eigenvalue weighted by molar-refractivity contribution is 5.76. The third kappa shape index (κ3) is 1.79. The van der Waals surface area contributed by atoms with Crippen LogP contribution < -0.4 is 0 Å². The molecule has 0 aliphatic carbocycles. The second-order valence-corrected chi connectivity index (χ2v) is 3.69. The zero-order valence-corrected chi connectivity index (χ0v) is 9.00. The molecule has 0 bridgehead atoms. The van der Waals surface area contributed by atoms with E-state index in [1.54, 1.807) is 12.3 Å². The van der Waals surface area contributed by atoms with Gasteiger partial charge in [-0.2, -0.15) is 0 Å². The van der Waals surface area contributed by atoms with Gasteiger partial charge in [-0.3, -0.25) is 4.98 Å². The van der Waals surface area contributed by atoms with Crippen LogP contribution in [0, 0.1) is 0 Å². The second-order valence-electron chi connectivity index (χ2n) is 3.69. The third-order valence-corrected chi connectivity index (χ3v) is 2.52. The number of aliphatic hydroxyl groups excluding tert-OH is 1. The van der Waals surface area contributed by atoms with E-state index in [0.29, 0.717) is 17.2 Å². The number of oxazole rings is 1. The van der Waals surface area contributed by atoms with Gasteiger partial charge in [0.05, 0.1) is 6.61 Å². The van der Waals surface area contributed by atoms with Crippen LogP contribution >= 0.6 is 0 Å². The van der Waals surface area contributed by atoms with E-state index in [1.807, 2.05) is 30.3 Å². The van der Waals surface area contributed by atoms with E-state index in [1.165, 1.54) is 0 Å². The molecule has 2 heterocycles. The first-order valence-corrected chi connectivity index (χ1v) is 5.28. The topological polar surface area (TPSA) is 59.2 Å². The molecule has 0 fully saturated rings. The minimum Gasteiger partial charge on any atom is -0.435 e. The van der Waals surface area contributed by atoms with Gasteiger partial charge in [-0.1, -0.05) is 12.1 Å². The summed E-state index contributed by atoms with van der Waals surface area (Å²) >= 11 is 0. The van der Waals surface area contributed by atoms with Crippen molar-refractivity contribution in [3.05, 3.63) is 48.2 Å². The first-order chi connectivity index (χ1) is 8.36. The number of fused-ring (bicyclic) bond motifs is 1. The van der Waals surface area contributed by atoms with E-state index in [-0.39, 0.29) is 6.61 Å². The lowest BCUT2D eigenvalue weighted by atomic mass is 10.2. The molecule has 2 aromatic heterocycles. The number of rotatable bonds is 2. The molecule has 0 amide bonds. The van der Waals surface area contributed by atoms with Gasteiger partial charge in [0.15, 0.2) is 5.58 Å². The maximum atomic E-state index is 9.05. The number of hydrogen-bond acceptors (Lipinski definition) is 4. The highest BCUT2D eigenvalue weighted by Gasteiger charge is 2.08. The smallest absolute Gasteiger partial charge is 0.246 e. The maximum absolute atomic E-state index is 9.05. The Bertz CT molecular complexity index is 647. The summed E-state index contributed by atoms with van der Waals surface area (Å²) in [4.78, 5) is 8.53. The molecule has 0 aliphatic rings. The van der Waals surface area contributed by atoms with Crippen molar-refractivity contribution < 1.29 is 9.52 Å². The third-order valence-electron chi connectivity index (χ3n) is 2.52. The van der Waals surface area contributed by atoms with E-state index in [2.05, 4.69) is 9.97 Å². The molecule has 0 radical (unpaired) electrons. The van der Waals surface area contributed by atoms with Crippen molar-refractivity contribution in [2.75, 3.05) is 0 Å². The Balaban J connectivity index is 2.14. The van der Waals surface area contributed by atoms with Crippen LogP contribution in [0.2, 0.25) is 0 Å². The van der Waals surface area contributed by atoms with Gasteiger partial charge < -0.3 is 9.52 Å². The van der Waals surface area contributed by atoms with Gasteiger partial charge in [-0.15, -0.1) is 0 Å². The van der Waals surface area contributed by atoms with Crippen LogP contribution in [0.3, 0.4) is 0 Å². The molecular weight excluding hydrogens is 216 g/mol. The monoisotopic (exact) mass is 226 g/mol. The molecule has 0 atom stereocenters. The van der Waals surface area contributed by atoms with Gasteiger partial charge >= 0.3 is 0 Å². The van der Waals surface area contributed by atoms with Crippen LogP contribution in [0.5, 0.6) is 0 Å². The van der Waals surface area contributed by atoms with Crippen LogP contribution in [0.4, 0.5) is 0 Å². The quantitative estimate of drug-likeness (QED) is 0.728. The van der Waals surface area contributed by atoms with Crippen LogP contribution in [0.25, 0.3) is 22.7 Å². The van der Waals surface area contributed by atoms with Gasteiger partial charge in [0.2, 0.25) is 5.89 Å². The highest BCUT2D eigenvalue weighted by atomic mass is 16.3.